The van der Waals surface area contributed by atoms with Crippen LogP contribution in [0.15, 0.2) is 30.2 Å². The van der Waals surface area contributed by atoms with E-state index >= 15 is 0 Å². The Morgan fingerprint density at radius 3 is 3.12 bits per heavy atom. The SMILES string of the molecule is N#C/C(=C/c1c[nH]c2cnccc12)C(N)=O. The van der Waals surface area contributed by atoms with Crippen LogP contribution < -0.4 is 5.73 Å². The van der Waals surface area contributed by atoms with E-state index in [2.05, 4.69) is 9.97 Å². The zero-order valence-electron chi connectivity index (χ0n) is 8.27. The van der Waals surface area contributed by atoms with Gasteiger partial charge < -0.3 is 10.7 Å². The first-order valence-electron chi connectivity index (χ1n) is 4.55. The minimum Gasteiger partial charge on any atom is -0.365 e. The highest BCUT2D eigenvalue weighted by atomic mass is 16.1. The number of hydrogen-bond donors (Lipinski definition) is 2. The topological polar surface area (TPSA) is 95.6 Å². The second-order valence-electron chi connectivity index (χ2n) is 3.20. The first-order valence-corrected chi connectivity index (χ1v) is 4.55. The molecule has 16 heavy (non-hydrogen) atoms. The average Bonchev–Trinajstić information content (AvgIpc) is 2.69. The summed E-state index contributed by atoms with van der Waals surface area (Å²) in [4.78, 5) is 17.8. The van der Waals surface area contributed by atoms with Crippen molar-refractivity contribution in [3.05, 3.63) is 35.8 Å². The summed E-state index contributed by atoms with van der Waals surface area (Å²) in [6.45, 7) is 0. The van der Waals surface area contributed by atoms with Crippen LogP contribution >= 0.6 is 0 Å². The molecule has 0 atom stereocenters. The Hall–Kier alpha value is -2.61. The Morgan fingerprint density at radius 1 is 1.62 bits per heavy atom. The quantitative estimate of drug-likeness (QED) is 0.573. The molecule has 2 rings (SSSR count). The van der Waals surface area contributed by atoms with Crippen LogP contribution in [0.1, 0.15) is 5.56 Å². The van der Waals surface area contributed by atoms with Gasteiger partial charge in [-0.2, -0.15) is 5.26 Å². The molecule has 2 aromatic heterocycles. The molecular weight excluding hydrogens is 204 g/mol. The molecule has 0 spiro atoms. The summed E-state index contributed by atoms with van der Waals surface area (Å²) < 4.78 is 0. The second kappa shape index (κ2) is 3.87. The van der Waals surface area contributed by atoms with Gasteiger partial charge in [0.2, 0.25) is 0 Å². The van der Waals surface area contributed by atoms with Crippen LogP contribution in [0.5, 0.6) is 0 Å². The fraction of sp³-hybridized carbons (Fsp3) is 0. The summed E-state index contributed by atoms with van der Waals surface area (Å²) >= 11 is 0. The number of carbonyl (C=O) groups excluding carboxylic acids is 1. The molecule has 2 aromatic rings. The number of aromatic nitrogens is 2. The molecule has 0 saturated heterocycles. The molecule has 0 unspecified atom stereocenters. The maximum Gasteiger partial charge on any atom is 0.259 e. The summed E-state index contributed by atoms with van der Waals surface area (Å²) in [5, 5.41) is 9.62. The van der Waals surface area contributed by atoms with Crippen molar-refractivity contribution < 1.29 is 4.79 Å². The molecule has 0 aromatic carbocycles. The molecule has 0 aliphatic heterocycles. The number of aromatic amines is 1. The van der Waals surface area contributed by atoms with Crippen molar-refractivity contribution in [1.29, 1.82) is 5.26 Å². The van der Waals surface area contributed by atoms with Crippen molar-refractivity contribution in [2.45, 2.75) is 0 Å². The summed E-state index contributed by atoms with van der Waals surface area (Å²) in [5.74, 6) is -0.731. The lowest BCUT2D eigenvalue weighted by Crippen LogP contribution is -2.12. The van der Waals surface area contributed by atoms with Gasteiger partial charge in [-0.3, -0.25) is 9.78 Å². The van der Waals surface area contributed by atoms with Crippen LogP contribution in [0, 0.1) is 11.3 Å². The van der Waals surface area contributed by atoms with Gasteiger partial charge in [-0.25, -0.2) is 0 Å². The minimum absolute atomic E-state index is 0.0716. The summed E-state index contributed by atoms with van der Waals surface area (Å²) in [6.07, 6.45) is 6.47. The van der Waals surface area contributed by atoms with E-state index in [1.165, 1.54) is 6.08 Å². The van der Waals surface area contributed by atoms with Gasteiger partial charge in [0.1, 0.15) is 11.6 Å². The van der Waals surface area contributed by atoms with Crippen LogP contribution in [-0.2, 0) is 4.79 Å². The molecule has 3 N–H and O–H groups in total. The Kier molecular flexibility index (Phi) is 2.40. The molecule has 0 fully saturated rings. The van der Waals surface area contributed by atoms with Gasteiger partial charge in [0.25, 0.3) is 5.91 Å². The third-order valence-electron chi connectivity index (χ3n) is 2.20. The standard InChI is InChI=1S/C11H8N4O/c12-4-7(11(13)16)3-8-5-15-10-6-14-2-1-9(8)10/h1-3,5-6,15H,(H2,13,16)/b7-3-. The van der Waals surface area contributed by atoms with Crippen LogP contribution in [0.3, 0.4) is 0 Å². The van der Waals surface area contributed by atoms with E-state index in [-0.39, 0.29) is 5.57 Å². The Labute approximate surface area is 91.2 Å². The number of nitrogens with one attached hydrogen (secondary N) is 1. The van der Waals surface area contributed by atoms with E-state index in [1.54, 1.807) is 30.7 Å². The van der Waals surface area contributed by atoms with Gasteiger partial charge >= 0.3 is 0 Å². The number of primary amides is 1. The number of nitriles is 1. The van der Waals surface area contributed by atoms with Crippen LogP contribution in [-0.4, -0.2) is 15.9 Å². The number of nitrogens with two attached hydrogens (primary N) is 1. The fourth-order valence-electron chi connectivity index (χ4n) is 1.43. The van der Waals surface area contributed by atoms with E-state index in [1.807, 2.05) is 0 Å². The van der Waals surface area contributed by atoms with Gasteiger partial charge in [0.15, 0.2) is 0 Å². The number of hydrogen-bond acceptors (Lipinski definition) is 3. The molecule has 5 heteroatoms. The number of carbonyl (C=O) groups is 1. The van der Waals surface area contributed by atoms with Gasteiger partial charge in [-0.05, 0) is 12.1 Å². The summed E-state index contributed by atoms with van der Waals surface area (Å²) in [6, 6.07) is 3.56. The highest BCUT2D eigenvalue weighted by Gasteiger charge is 2.06. The largest absolute Gasteiger partial charge is 0.365 e. The van der Waals surface area contributed by atoms with Crippen molar-refractivity contribution in [3.8, 4) is 6.07 Å². The molecule has 1 amide bonds. The maximum atomic E-state index is 10.9. The molecule has 0 aliphatic rings. The molecule has 0 aliphatic carbocycles. The van der Waals surface area contributed by atoms with Crippen molar-refractivity contribution in [2.24, 2.45) is 5.73 Å². The molecular formula is C11H8N4O. The smallest absolute Gasteiger partial charge is 0.259 e. The first-order chi connectivity index (χ1) is 7.72. The van der Waals surface area contributed by atoms with E-state index < -0.39 is 5.91 Å². The summed E-state index contributed by atoms with van der Waals surface area (Å²) in [7, 11) is 0. The first kappa shape index (κ1) is 9.93. The monoisotopic (exact) mass is 212 g/mol. The predicted molar refractivity (Wildman–Crippen MR) is 58.9 cm³/mol. The normalized spacial score (nSPS) is 11.3. The number of pyridine rings is 1. The second-order valence-corrected chi connectivity index (χ2v) is 3.20. The Balaban J connectivity index is 2.57. The molecule has 0 saturated carbocycles. The van der Waals surface area contributed by atoms with Crippen LogP contribution in [0.25, 0.3) is 17.0 Å². The van der Waals surface area contributed by atoms with Crippen LogP contribution in [0.4, 0.5) is 0 Å². The minimum atomic E-state index is -0.731. The third-order valence-corrected chi connectivity index (χ3v) is 2.20. The lowest BCUT2D eigenvalue weighted by Gasteiger charge is -1.92. The lowest BCUT2D eigenvalue weighted by molar-refractivity contribution is -0.114. The Morgan fingerprint density at radius 2 is 2.44 bits per heavy atom. The zero-order valence-corrected chi connectivity index (χ0v) is 8.27. The number of nitrogens with zero attached hydrogens (tertiary/aromatic N) is 2. The third kappa shape index (κ3) is 1.64. The number of H-pyrrole nitrogens is 1. The highest BCUT2D eigenvalue weighted by molar-refractivity contribution is 6.02. The Bertz CT molecular complexity index is 618. The van der Waals surface area contributed by atoms with E-state index in [4.69, 9.17) is 11.0 Å². The molecule has 78 valence electrons. The number of rotatable bonds is 2. The molecule has 0 bridgehead atoms. The number of amides is 1. The average molecular weight is 212 g/mol. The van der Waals surface area contributed by atoms with E-state index in [0.717, 1.165) is 16.5 Å². The zero-order chi connectivity index (χ0) is 11.5. The van der Waals surface area contributed by atoms with Crippen molar-refractivity contribution in [2.75, 3.05) is 0 Å². The summed E-state index contributed by atoms with van der Waals surface area (Å²) in [5.41, 5.74) is 6.57. The van der Waals surface area contributed by atoms with Gasteiger partial charge in [0.05, 0.1) is 11.7 Å². The van der Waals surface area contributed by atoms with Gasteiger partial charge in [0, 0.05) is 23.3 Å². The van der Waals surface area contributed by atoms with Crippen molar-refractivity contribution in [1.82, 2.24) is 9.97 Å². The highest BCUT2D eigenvalue weighted by Crippen LogP contribution is 2.19. The van der Waals surface area contributed by atoms with E-state index in [0.29, 0.717) is 0 Å². The maximum absolute atomic E-state index is 10.9. The van der Waals surface area contributed by atoms with E-state index in [9.17, 15) is 4.79 Å². The van der Waals surface area contributed by atoms with Crippen molar-refractivity contribution >= 4 is 22.9 Å². The molecule has 5 nitrogen and oxygen atoms in total. The predicted octanol–water partition coefficient (Wildman–Crippen LogP) is 0.955. The van der Waals surface area contributed by atoms with Crippen LogP contribution in [0.2, 0.25) is 0 Å². The molecule has 2 heterocycles. The molecule has 0 radical (unpaired) electrons. The lowest BCUT2D eigenvalue weighted by atomic mass is 10.1. The number of fused-ring (bicyclic) bond motifs is 1. The fourth-order valence-corrected chi connectivity index (χ4v) is 1.43. The van der Waals surface area contributed by atoms with Gasteiger partial charge in [-0.1, -0.05) is 0 Å². The van der Waals surface area contributed by atoms with Gasteiger partial charge in [-0.15, -0.1) is 0 Å². The van der Waals surface area contributed by atoms with Crippen molar-refractivity contribution in [3.63, 3.8) is 0 Å².